The number of aliphatic hydroxyl groups is 1. The zero-order valence-corrected chi connectivity index (χ0v) is 25.0. The predicted molar refractivity (Wildman–Crippen MR) is 171 cm³/mol. The third kappa shape index (κ3) is 7.07. The molecule has 4 unspecified atom stereocenters. The minimum absolute atomic E-state index is 0.0135. The Labute approximate surface area is 255 Å². The van der Waals surface area contributed by atoms with Crippen LogP contribution in [-0.4, -0.2) is 53.7 Å². The van der Waals surface area contributed by atoms with Crippen molar-refractivity contribution >= 4 is 0 Å². The van der Waals surface area contributed by atoms with Crippen LogP contribution in [0.15, 0.2) is 103 Å². The zero-order chi connectivity index (χ0) is 29.6. The summed E-state index contributed by atoms with van der Waals surface area (Å²) in [6.07, 6.45) is -0.574. The molecule has 0 aliphatic carbocycles. The van der Waals surface area contributed by atoms with Gasteiger partial charge < -0.3 is 20.3 Å². The van der Waals surface area contributed by atoms with Gasteiger partial charge in [-0.15, -0.1) is 0 Å². The maximum absolute atomic E-state index is 9.58. The van der Waals surface area contributed by atoms with Crippen molar-refractivity contribution in [1.82, 2.24) is 9.80 Å². The molecular weight excluding hydrogens is 534 g/mol. The number of rotatable bonds is 9. The van der Waals surface area contributed by atoms with Crippen molar-refractivity contribution in [2.45, 2.75) is 45.1 Å². The molecule has 6 rings (SSSR count). The largest absolute Gasteiger partial charge is 0.392 e. The van der Waals surface area contributed by atoms with E-state index in [0.717, 1.165) is 72.6 Å². The highest BCUT2D eigenvalue weighted by Gasteiger charge is 2.39. The van der Waals surface area contributed by atoms with Gasteiger partial charge in [-0.05, 0) is 33.4 Å². The Kier molecular flexibility index (Phi) is 9.64. The van der Waals surface area contributed by atoms with E-state index in [1.54, 1.807) is 0 Å². The summed E-state index contributed by atoms with van der Waals surface area (Å²) >= 11 is 0. The van der Waals surface area contributed by atoms with Crippen LogP contribution in [-0.2, 0) is 29.2 Å². The lowest BCUT2D eigenvalue weighted by Gasteiger charge is -2.44. The summed E-state index contributed by atoms with van der Waals surface area (Å²) in [5, 5.41) is 9.58. The summed E-state index contributed by atoms with van der Waals surface area (Å²) in [4.78, 5) is 5.09. The Balaban J connectivity index is 1.18. The molecule has 2 fully saturated rings. The van der Waals surface area contributed by atoms with E-state index in [1.165, 1.54) is 5.56 Å². The average molecular weight is 578 g/mol. The van der Waals surface area contributed by atoms with E-state index in [4.69, 9.17) is 15.2 Å². The summed E-state index contributed by atoms with van der Waals surface area (Å²) in [6, 6.07) is 35.7. The normalized spacial score (nSPS) is 23.3. The van der Waals surface area contributed by atoms with E-state index < -0.39 is 6.29 Å². The van der Waals surface area contributed by atoms with E-state index in [1.807, 2.05) is 18.2 Å². The van der Waals surface area contributed by atoms with Gasteiger partial charge in [-0.2, -0.15) is 0 Å². The molecule has 0 spiro atoms. The standard InChI is InChI=1S/C37H43N3O3/c1-27-35(25-40-21-19-39(20-22-40)24-28-7-3-2-4-8-28)42-37(43-36(27)31-13-11-29(26-41)12-14-31)32-17-15-30(16-18-32)34-10-6-5-9-33(34)23-38/h2-18,27,35-37,41H,19-26,38H2,1H3. The topological polar surface area (TPSA) is 71.2 Å². The SMILES string of the molecule is CC1C(CN2CCN(Cc3ccccc3)CC2)OC(c2ccc(-c3ccccc3CN)cc2)OC1c1ccc(CO)cc1. The molecule has 6 nitrogen and oxygen atoms in total. The molecule has 2 aliphatic rings. The lowest BCUT2D eigenvalue weighted by atomic mass is 9.89. The number of nitrogens with zero attached hydrogens (tertiary/aromatic N) is 2. The van der Waals surface area contributed by atoms with E-state index in [2.05, 4.69) is 102 Å². The van der Waals surface area contributed by atoms with Crippen LogP contribution >= 0.6 is 0 Å². The first-order valence-electron chi connectivity index (χ1n) is 15.5. The van der Waals surface area contributed by atoms with Crippen molar-refractivity contribution in [3.63, 3.8) is 0 Å². The molecule has 0 radical (unpaired) electrons. The molecule has 0 amide bonds. The molecule has 0 saturated carbocycles. The molecule has 6 heteroatoms. The summed E-state index contributed by atoms with van der Waals surface area (Å²) in [6.45, 7) is 8.79. The van der Waals surface area contributed by atoms with Gasteiger partial charge in [0, 0.05) is 57.3 Å². The fourth-order valence-corrected chi connectivity index (χ4v) is 6.35. The van der Waals surface area contributed by atoms with Crippen LogP contribution in [0, 0.1) is 5.92 Å². The van der Waals surface area contributed by atoms with Crippen LogP contribution in [0.3, 0.4) is 0 Å². The molecule has 4 aromatic carbocycles. The van der Waals surface area contributed by atoms with Crippen LogP contribution in [0.4, 0.5) is 0 Å². The van der Waals surface area contributed by atoms with Gasteiger partial charge in [-0.3, -0.25) is 9.80 Å². The molecule has 4 atom stereocenters. The number of hydrogen-bond donors (Lipinski definition) is 2. The number of nitrogens with two attached hydrogens (primary N) is 1. The Morgan fingerprint density at radius 3 is 2.07 bits per heavy atom. The molecule has 224 valence electrons. The number of hydrogen-bond acceptors (Lipinski definition) is 6. The highest BCUT2D eigenvalue weighted by atomic mass is 16.7. The highest BCUT2D eigenvalue weighted by molar-refractivity contribution is 5.67. The Bertz CT molecular complexity index is 1440. The maximum atomic E-state index is 9.58. The fourth-order valence-electron chi connectivity index (χ4n) is 6.35. The van der Waals surface area contributed by atoms with E-state index in [-0.39, 0.29) is 24.7 Å². The summed E-state index contributed by atoms with van der Waals surface area (Å²) < 4.78 is 13.5. The van der Waals surface area contributed by atoms with Crippen LogP contribution in [0.25, 0.3) is 11.1 Å². The Morgan fingerprint density at radius 2 is 1.37 bits per heavy atom. The molecular formula is C37H43N3O3. The second-order valence-corrected chi connectivity index (χ2v) is 11.9. The minimum atomic E-state index is -0.470. The summed E-state index contributed by atoms with van der Waals surface area (Å²) in [5.74, 6) is 0.161. The second kappa shape index (κ2) is 14.0. The first-order valence-corrected chi connectivity index (χ1v) is 15.5. The van der Waals surface area contributed by atoms with Crippen LogP contribution < -0.4 is 5.73 Å². The predicted octanol–water partition coefficient (Wildman–Crippen LogP) is 5.91. The monoisotopic (exact) mass is 577 g/mol. The van der Waals surface area contributed by atoms with Crippen molar-refractivity contribution in [2.24, 2.45) is 11.7 Å². The lowest BCUT2D eigenvalue weighted by molar-refractivity contribution is -0.276. The van der Waals surface area contributed by atoms with Crippen LogP contribution in [0.1, 0.15) is 47.1 Å². The Hall–Kier alpha value is -3.36. The molecule has 0 bridgehead atoms. The average Bonchev–Trinajstić information content (AvgIpc) is 3.07. The first kappa shape index (κ1) is 29.7. The molecule has 2 aliphatic heterocycles. The molecule has 0 aromatic heterocycles. The quantitative estimate of drug-likeness (QED) is 0.258. The van der Waals surface area contributed by atoms with Gasteiger partial charge in [-0.1, -0.05) is 110 Å². The zero-order valence-electron chi connectivity index (χ0n) is 25.0. The van der Waals surface area contributed by atoms with Crippen molar-refractivity contribution < 1.29 is 14.6 Å². The molecule has 3 N–H and O–H groups in total. The van der Waals surface area contributed by atoms with Gasteiger partial charge in [0.25, 0.3) is 0 Å². The van der Waals surface area contributed by atoms with Crippen molar-refractivity contribution in [3.05, 3.63) is 131 Å². The fraction of sp³-hybridized carbons (Fsp3) is 0.351. The van der Waals surface area contributed by atoms with E-state index >= 15 is 0 Å². The van der Waals surface area contributed by atoms with Crippen LogP contribution in [0.5, 0.6) is 0 Å². The molecule has 2 heterocycles. The molecule has 43 heavy (non-hydrogen) atoms. The summed E-state index contributed by atoms with van der Waals surface area (Å²) in [7, 11) is 0. The number of aliphatic hydroxyl groups excluding tert-OH is 1. The van der Waals surface area contributed by atoms with Crippen LogP contribution in [0.2, 0.25) is 0 Å². The van der Waals surface area contributed by atoms with Gasteiger partial charge in [0.15, 0.2) is 6.29 Å². The van der Waals surface area contributed by atoms with Crippen molar-refractivity contribution in [1.29, 1.82) is 0 Å². The Morgan fingerprint density at radius 1 is 0.721 bits per heavy atom. The number of benzene rings is 4. The van der Waals surface area contributed by atoms with E-state index in [0.29, 0.717) is 6.54 Å². The molecule has 4 aromatic rings. The van der Waals surface area contributed by atoms with Gasteiger partial charge in [0.1, 0.15) is 0 Å². The lowest BCUT2D eigenvalue weighted by Crippen LogP contribution is -2.51. The van der Waals surface area contributed by atoms with Gasteiger partial charge in [0.05, 0.1) is 18.8 Å². The van der Waals surface area contributed by atoms with Gasteiger partial charge in [-0.25, -0.2) is 0 Å². The first-order chi connectivity index (χ1) is 21.1. The highest BCUT2D eigenvalue weighted by Crippen LogP contribution is 2.42. The second-order valence-electron chi connectivity index (χ2n) is 11.9. The van der Waals surface area contributed by atoms with Crippen molar-refractivity contribution in [2.75, 3.05) is 32.7 Å². The van der Waals surface area contributed by atoms with Gasteiger partial charge >= 0.3 is 0 Å². The number of ether oxygens (including phenoxy) is 2. The maximum Gasteiger partial charge on any atom is 0.184 e. The van der Waals surface area contributed by atoms with Gasteiger partial charge in [0.2, 0.25) is 0 Å². The third-order valence-corrected chi connectivity index (χ3v) is 9.01. The molecule has 2 saturated heterocycles. The van der Waals surface area contributed by atoms with Crippen molar-refractivity contribution in [3.8, 4) is 11.1 Å². The van der Waals surface area contributed by atoms with E-state index in [9.17, 15) is 5.11 Å². The summed E-state index contributed by atoms with van der Waals surface area (Å²) in [5.41, 5.74) is 13.8. The third-order valence-electron chi connectivity index (χ3n) is 9.01. The minimum Gasteiger partial charge on any atom is -0.392 e. The number of piperazine rings is 1. The smallest absolute Gasteiger partial charge is 0.184 e.